The summed E-state index contributed by atoms with van der Waals surface area (Å²) in [7, 11) is 0. The summed E-state index contributed by atoms with van der Waals surface area (Å²) in [4.78, 5) is 18.9. The van der Waals surface area contributed by atoms with Gasteiger partial charge in [0.2, 0.25) is 5.89 Å². The van der Waals surface area contributed by atoms with Crippen LogP contribution in [-0.4, -0.2) is 16.6 Å². The van der Waals surface area contributed by atoms with Crippen molar-refractivity contribution in [2.45, 2.75) is 12.8 Å². The standard InChI is InChI=1S/C37H30NO2P/c39-31(26-27-35-36(29-16-6-1-7-17-29)40-37(38-35)30-18-8-2-9-19-30)28-41(32-20-10-3-11-21-32,33-22-12-4-13-23-33)34-24-14-5-15-25-34/h1-25,28H,26-27H2. The molecule has 0 N–H and O–H groups in total. The van der Waals surface area contributed by atoms with Crippen LogP contribution in [0.3, 0.4) is 0 Å². The predicted octanol–water partition coefficient (Wildman–Crippen LogP) is 7.31. The molecule has 0 aliphatic heterocycles. The third-order valence-electron chi connectivity index (χ3n) is 7.19. The third-order valence-corrected chi connectivity index (χ3v) is 11.2. The lowest BCUT2D eigenvalue weighted by Gasteiger charge is -2.28. The number of rotatable bonds is 9. The predicted molar refractivity (Wildman–Crippen MR) is 172 cm³/mol. The van der Waals surface area contributed by atoms with Crippen molar-refractivity contribution in [3.63, 3.8) is 0 Å². The highest BCUT2D eigenvalue weighted by Crippen LogP contribution is 2.43. The number of carbonyl (C=O) groups excluding carboxylic acids is 1. The molecule has 6 aromatic rings. The summed E-state index contributed by atoms with van der Waals surface area (Å²) in [5.41, 5.74) is 2.66. The largest absolute Gasteiger partial charge is 0.436 e. The second-order valence-electron chi connectivity index (χ2n) is 9.85. The van der Waals surface area contributed by atoms with Gasteiger partial charge in [-0.3, -0.25) is 4.79 Å². The van der Waals surface area contributed by atoms with E-state index in [1.807, 2.05) is 84.7 Å². The van der Waals surface area contributed by atoms with Crippen LogP contribution in [0.15, 0.2) is 156 Å². The van der Waals surface area contributed by atoms with Gasteiger partial charge in [-0.25, -0.2) is 4.98 Å². The Kier molecular flexibility index (Phi) is 7.89. The minimum absolute atomic E-state index is 0.0955. The Morgan fingerprint density at radius 2 is 1.00 bits per heavy atom. The van der Waals surface area contributed by atoms with Gasteiger partial charge >= 0.3 is 0 Å². The number of nitrogens with zero attached hydrogens (tertiary/aromatic N) is 1. The van der Waals surface area contributed by atoms with Gasteiger partial charge in [0.1, 0.15) is 0 Å². The average molecular weight is 552 g/mol. The zero-order valence-corrected chi connectivity index (χ0v) is 23.5. The lowest BCUT2D eigenvalue weighted by atomic mass is 10.1. The van der Waals surface area contributed by atoms with E-state index in [0.29, 0.717) is 24.5 Å². The summed E-state index contributed by atoms with van der Waals surface area (Å²) in [6.07, 6.45) is 0.809. The number of ketones is 1. The topological polar surface area (TPSA) is 43.1 Å². The van der Waals surface area contributed by atoms with E-state index in [1.165, 1.54) is 0 Å². The van der Waals surface area contributed by atoms with Gasteiger partial charge in [0.15, 0.2) is 11.5 Å². The van der Waals surface area contributed by atoms with E-state index in [-0.39, 0.29) is 5.78 Å². The van der Waals surface area contributed by atoms with Crippen LogP contribution in [0.25, 0.3) is 22.8 Å². The summed E-state index contributed by atoms with van der Waals surface area (Å²) < 4.78 is 6.30. The van der Waals surface area contributed by atoms with Gasteiger partial charge in [-0.2, -0.15) is 0 Å². The zero-order valence-electron chi connectivity index (χ0n) is 22.6. The van der Waals surface area contributed by atoms with Gasteiger partial charge in [0.25, 0.3) is 0 Å². The smallest absolute Gasteiger partial charge is 0.227 e. The van der Waals surface area contributed by atoms with Crippen LogP contribution >= 0.6 is 6.89 Å². The average Bonchev–Trinajstić information content (AvgIpc) is 3.49. The highest BCUT2D eigenvalue weighted by atomic mass is 31.2. The van der Waals surface area contributed by atoms with Gasteiger partial charge in [-0.15, -0.1) is 0 Å². The first-order valence-electron chi connectivity index (χ1n) is 13.8. The van der Waals surface area contributed by atoms with E-state index in [4.69, 9.17) is 9.40 Å². The molecule has 1 aromatic heterocycles. The highest BCUT2D eigenvalue weighted by molar-refractivity contribution is 7.95. The molecule has 3 nitrogen and oxygen atoms in total. The molecule has 0 bridgehead atoms. The van der Waals surface area contributed by atoms with Crippen molar-refractivity contribution >= 4 is 34.4 Å². The number of Topliss-reactive ketones (excluding diaryl/α,β-unsaturated/α-hetero) is 1. The van der Waals surface area contributed by atoms with E-state index in [0.717, 1.165) is 32.7 Å². The number of hydrogen-bond donors (Lipinski definition) is 0. The van der Waals surface area contributed by atoms with Crippen LogP contribution in [-0.2, 0) is 11.2 Å². The highest BCUT2D eigenvalue weighted by Gasteiger charge is 2.26. The lowest BCUT2D eigenvalue weighted by Crippen LogP contribution is -2.28. The molecular weight excluding hydrogens is 521 g/mol. The van der Waals surface area contributed by atoms with Crippen LogP contribution in [0.2, 0.25) is 0 Å². The Labute approximate surface area is 241 Å². The van der Waals surface area contributed by atoms with Crippen molar-refractivity contribution in [1.82, 2.24) is 4.98 Å². The SMILES string of the molecule is O=C(C=P(c1ccccc1)(c1ccccc1)c1ccccc1)CCc1nc(-c2ccccc2)oc1-c1ccccc1. The number of benzene rings is 5. The number of carbonyl (C=O) groups is 1. The summed E-state index contributed by atoms with van der Waals surface area (Å²) >= 11 is 0. The van der Waals surface area contributed by atoms with Crippen LogP contribution < -0.4 is 15.9 Å². The van der Waals surface area contributed by atoms with Crippen molar-refractivity contribution in [3.05, 3.63) is 157 Å². The molecule has 0 spiro atoms. The van der Waals surface area contributed by atoms with Gasteiger partial charge in [-0.1, -0.05) is 140 Å². The van der Waals surface area contributed by atoms with E-state index >= 15 is 0 Å². The summed E-state index contributed by atoms with van der Waals surface area (Å²) in [6.45, 7) is -2.36. The minimum atomic E-state index is -2.36. The molecule has 4 heteroatoms. The normalized spacial score (nSPS) is 11.2. The summed E-state index contributed by atoms with van der Waals surface area (Å²) in [5.74, 6) is 3.38. The molecular formula is C37H30NO2P. The molecule has 0 saturated heterocycles. The fourth-order valence-corrected chi connectivity index (χ4v) is 9.05. The van der Waals surface area contributed by atoms with Crippen LogP contribution in [0.5, 0.6) is 0 Å². The summed E-state index contributed by atoms with van der Waals surface area (Å²) in [5, 5.41) is 3.47. The van der Waals surface area contributed by atoms with E-state index in [9.17, 15) is 4.79 Å². The van der Waals surface area contributed by atoms with Crippen molar-refractivity contribution < 1.29 is 9.21 Å². The van der Waals surface area contributed by atoms with Gasteiger partial charge < -0.3 is 4.42 Å². The Morgan fingerprint density at radius 3 is 1.46 bits per heavy atom. The monoisotopic (exact) mass is 551 g/mol. The summed E-state index contributed by atoms with van der Waals surface area (Å²) in [6, 6.07) is 51.2. The molecule has 0 amide bonds. The maximum Gasteiger partial charge on any atom is 0.227 e. The molecule has 0 saturated carbocycles. The van der Waals surface area contributed by atoms with E-state index in [1.54, 1.807) is 0 Å². The zero-order chi connectivity index (χ0) is 27.9. The molecule has 200 valence electrons. The fourth-order valence-electron chi connectivity index (χ4n) is 5.22. The number of aryl methyl sites for hydroxylation is 1. The van der Waals surface area contributed by atoms with Crippen molar-refractivity contribution in [1.29, 1.82) is 0 Å². The molecule has 41 heavy (non-hydrogen) atoms. The van der Waals surface area contributed by atoms with Crippen molar-refractivity contribution in [2.75, 3.05) is 0 Å². The minimum Gasteiger partial charge on any atom is -0.436 e. The lowest BCUT2D eigenvalue weighted by molar-refractivity contribution is -0.112. The molecule has 5 aromatic carbocycles. The molecule has 0 aliphatic rings. The molecule has 0 unspecified atom stereocenters. The quantitative estimate of drug-likeness (QED) is 0.177. The third kappa shape index (κ3) is 5.63. The number of oxazole rings is 1. The molecule has 0 atom stereocenters. The molecule has 0 aliphatic carbocycles. The number of hydrogen-bond acceptors (Lipinski definition) is 3. The van der Waals surface area contributed by atoms with Crippen LogP contribution in [0, 0.1) is 0 Å². The second-order valence-corrected chi connectivity index (χ2v) is 13.1. The van der Waals surface area contributed by atoms with Crippen LogP contribution in [0.1, 0.15) is 12.1 Å². The molecule has 0 fully saturated rings. The second kappa shape index (κ2) is 12.2. The molecule has 0 radical (unpaired) electrons. The van der Waals surface area contributed by atoms with Crippen molar-refractivity contribution in [2.24, 2.45) is 0 Å². The Hall–Kier alpha value is -4.72. The maximum absolute atomic E-state index is 14.0. The Bertz CT molecular complexity index is 1680. The number of aromatic nitrogens is 1. The van der Waals surface area contributed by atoms with E-state index in [2.05, 4.69) is 72.8 Å². The molecule has 1 heterocycles. The van der Waals surface area contributed by atoms with E-state index < -0.39 is 6.89 Å². The first kappa shape index (κ1) is 26.5. The van der Waals surface area contributed by atoms with Gasteiger partial charge in [0.05, 0.1) is 5.69 Å². The van der Waals surface area contributed by atoms with Crippen LogP contribution in [0.4, 0.5) is 0 Å². The van der Waals surface area contributed by atoms with Gasteiger partial charge in [-0.05, 0) is 40.7 Å². The Balaban J connectivity index is 1.42. The van der Waals surface area contributed by atoms with Crippen molar-refractivity contribution in [3.8, 4) is 22.8 Å². The maximum atomic E-state index is 14.0. The first-order valence-corrected chi connectivity index (χ1v) is 15.6. The Morgan fingerprint density at radius 1 is 0.585 bits per heavy atom. The van der Waals surface area contributed by atoms with Gasteiger partial charge in [0, 0.05) is 24.0 Å². The first-order chi connectivity index (χ1) is 20.2. The fraction of sp³-hybridized carbons (Fsp3) is 0.0541. The molecule has 6 rings (SSSR count).